The summed E-state index contributed by atoms with van der Waals surface area (Å²) in [7, 11) is 0. The summed E-state index contributed by atoms with van der Waals surface area (Å²) in [6, 6.07) is 10.6. The van der Waals surface area contributed by atoms with Crippen molar-refractivity contribution >= 4 is 23.2 Å². The van der Waals surface area contributed by atoms with E-state index in [0.717, 1.165) is 11.1 Å². The number of carbonyl (C=O) groups excluding carboxylic acids is 1. The van der Waals surface area contributed by atoms with E-state index < -0.39 is 12.0 Å². The molecule has 4 N–H and O–H groups in total. The average Bonchev–Trinajstić information content (AvgIpc) is 3.26. The van der Waals surface area contributed by atoms with Crippen molar-refractivity contribution in [2.45, 2.75) is 37.9 Å². The highest BCUT2D eigenvalue weighted by atomic mass is 32.1. The highest BCUT2D eigenvalue weighted by Gasteiger charge is 2.36. The largest absolute Gasteiger partial charge is 0.480 e. The molecule has 0 saturated carbocycles. The molecular weight excluding hydrogens is 350 g/mol. The van der Waals surface area contributed by atoms with E-state index in [1.54, 1.807) is 11.3 Å². The van der Waals surface area contributed by atoms with E-state index in [4.69, 9.17) is 0 Å². The molecule has 4 atom stereocenters. The molecule has 0 radical (unpaired) electrons. The van der Waals surface area contributed by atoms with Crippen LogP contribution >= 0.6 is 11.3 Å². The van der Waals surface area contributed by atoms with Gasteiger partial charge in [0.25, 0.3) is 0 Å². The number of thiophene rings is 1. The fraction of sp³-hybridized carbons (Fsp3) is 0.368. The van der Waals surface area contributed by atoms with E-state index in [2.05, 4.69) is 21.5 Å². The van der Waals surface area contributed by atoms with Crippen LogP contribution in [0.2, 0.25) is 0 Å². The predicted octanol–water partition coefficient (Wildman–Crippen LogP) is 2.10. The SMILES string of the molecule is CC1NNC(c2ccsc2)C1CC(=O)N[C@@H](Cc1ccccc1)C(=O)O. The highest BCUT2D eigenvalue weighted by molar-refractivity contribution is 7.07. The van der Waals surface area contributed by atoms with Crippen molar-refractivity contribution < 1.29 is 14.7 Å². The van der Waals surface area contributed by atoms with Crippen LogP contribution in [0.5, 0.6) is 0 Å². The van der Waals surface area contributed by atoms with Gasteiger partial charge in [0.05, 0.1) is 6.04 Å². The summed E-state index contributed by atoms with van der Waals surface area (Å²) in [6.45, 7) is 2.02. The monoisotopic (exact) mass is 373 g/mol. The average molecular weight is 373 g/mol. The number of nitrogens with one attached hydrogen (secondary N) is 3. The molecule has 1 aromatic carbocycles. The minimum absolute atomic E-state index is 0.0411. The van der Waals surface area contributed by atoms with Crippen LogP contribution < -0.4 is 16.2 Å². The van der Waals surface area contributed by atoms with Crippen LogP contribution in [0.1, 0.15) is 30.5 Å². The Morgan fingerprint density at radius 3 is 2.65 bits per heavy atom. The van der Waals surface area contributed by atoms with Crippen LogP contribution in [0.3, 0.4) is 0 Å². The van der Waals surface area contributed by atoms with Gasteiger partial charge in [0.15, 0.2) is 0 Å². The Bertz CT molecular complexity index is 736. The molecule has 1 saturated heterocycles. The van der Waals surface area contributed by atoms with Gasteiger partial charge in [0.1, 0.15) is 6.04 Å². The first-order valence-electron chi connectivity index (χ1n) is 8.64. The molecule has 7 heteroatoms. The Hall–Kier alpha value is -2.22. The van der Waals surface area contributed by atoms with Crippen LogP contribution in [-0.4, -0.2) is 29.1 Å². The zero-order valence-corrected chi connectivity index (χ0v) is 15.3. The number of amides is 1. The molecule has 1 aliphatic heterocycles. The second-order valence-corrected chi connectivity index (χ2v) is 7.41. The van der Waals surface area contributed by atoms with Crippen molar-refractivity contribution in [2.24, 2.45) is 5.92 Å². The summed E-state index contributed by atoms with van der Waals surface area (Å²) in [5.41, 5.74) is 8.45. The van der Waals surface area contributed by atoms with Gasteiger partial charge in [-0.3, -0.25) is 10.2 Å². The first-order valence-corrected chi connectivity index (χ1v) is 9.58. The smallest absolute Gasteiger partial charge is 0.326 e. The highest BCUT2D eigenvalue weighted by Crippen LogP contribution is 2.32. The van der Waals surface area contributed by atoms with Crippen molar-refractivity contribution in [2.75, 3.05) is 0 Å². The molecule has 2 heterocycles. The third kappa shape index (κ3) is 4.49. The molecule has 6 nitrogen and oxygen atoms in total. The number of benzene rings is 1. The molecule has 1 amide bonds. The summed E-state index contributed by atoms with van der Waals surface area (Å²) in [5, 5.41) is 16.2. The van der Waals surface area contributed by atoms with Gasteiger partial charge in [-0.1, -0.05) is 30.3 Å². The molecule has 0 spiro atoms. The van der Waals surface area contributed by atoms with Gasteiger partial charge >= 0.3 is 5.97 Å². The van der Waals surface area contributed by atoms with Crippen molar-refractivity contribution in [3.8, 4) is 0 Å². The van der Waals surface area contributed by atoms with E-state index in [-0.39, 0.29) is 36.8 Å². The Labute approximate surface area is 156 Å². The van der Waals surface area contributed by atoms with Gasteiger partial charge in [0.2, 0.25) is 5.91 Å². The maximum absolute atomic E-state index is 12.5. The Morgan fingerprint density at radius 2 is 2.00 bits per heavy atom. The molecule has 138 valence electrons. The zero-order chi connectivity index (χ0) is 18.5. The number of rotatable bonds is 7. The molecule has 1 fully saturated rings. The molecule has 26 heavy (non-hydrogen) atoms. The zero-order valence-electron chi connectivity index (χ0n) is 14.5. The van der Waals surface area contributed by atoms with Crippen LogP contribution in [0.4, 0.5) is 0 Å². The normalized spacial score (nSPS) is 23.5. The Balaban J connectivity index is 1.63. The number of carbonyl (C=O) groups is 2. The van der Waals surface area contributed by atoms with E-state index in [1.165, 1.54) is 0 Å². The predicted molar refractivity (Wildman–Crippen MR) is 101 cm³/mol. The summed E-state index contributed by atoms with van der Waals surface area (Å²) in [6.07, 6.45) is 0.535. The lowest BCUT2D eigenvalue weighted by Crippen LogP contribution is -2.43. The second-order valence-electron chi connectivity index (χ2n) is 6.63. The second kappa shape index (κ2) is 8.44. The van der Waals surface area contributed by atoms with Gasteiger partial charge < -0.3 is 10.4 Å². The first-order chi connectivity index (χ1) is 12.5. The topological polar surface area (TPSA) is 90.5 Å². The molecule has 2 aromatic rings. The lowest BCUT2D eigenvalue weighted by atomic mass is 9.88. The Kier molecular flexibility index (Phi) is 6.03. The molecule has 3 unspecified atom stereocenters. The number of carboxylic acids is 1. The summed E-state index contributed by atoms with van der Waals surface area (Å²) < 4.78 is 0. The molecular formula is C19H23N3O3S. The van der Waals surface area contributed by atoms with Crippen molar-refractivity contribution in [3.63, 3.8) is 0 Å². The quantitative estimate of drug-likeness (QED) is 0.597. The van der Waals surface area contributed by atoms with Crippen LogP contribution in [0.15, 0.2) is 47.2 Å². The number of carboxylic acid groups (broad SMARTS) is 1. The number of hydrogen-bond donors (Lipinski definition) is 4. The van der Waals surface area contributed by atoms with Gasteiger partial charge in [-0.25, -0.2) is 10.2 Å². The van der Waals surface area contributed by atoms with E-state index in [1.807, 2.05) is 48.7 Å². The molecule has 0 bridgehead atoms. The van der Waals surface area contributed by atoms with E-state index in [9.17, 15) is 14.7 Å². The minimum atomic E-state index is -1.02. The molecule has 1 aromatic heterocycles. The van der Waals surface area contributed by atoms with Gasteiger partial charge in [-0.15, -0.1) is 0 Å². The lowest BCUT2D eigenvalue weighted by Gasteiger charge is -2.21. The van der Waals surface area contributed by atoms with Crippen LogP contribution in [-0.2, 0) is 16.0 Å². The van der Waals surface area contributed by atoms with Crippen LogP contribution in [0.25, 0.3) is 0 Å². The van der Waals surface area contributed by atoms with E-state index in [0.29, 0.717) is 0 Å². The maximum Gasteiger partial charge on any atom is 0.326 e. The summed E-state index contributed by atoms with van der Waals surface area (Å²) in [4.78, 5) is 24.1. The number of hydrazine groups is 1. The van der Waals surface area contributed by atoms with Crippen molar-refractivity contribution in [3.05, 3.63) is 58.3 Å². The molecule has 3 rings (SSSR count). The number of aliphatic carboxylic acids is 1. The van der Waals surface area contributed by atoms with Gasteiger partial charge in [-0.05, 0) is 34.9 Å². The third-order valence-electron chi connectivity index (χ3n) is 4.78. The lowest BCUT2D eigenvalue weighted by molar-refractivity contribution is -0.141. The van der Waals surface area contributed by atoms with Crippen LogP contribution in [0, 0.1) is 5.92 Å². The standard InChI is InChI=1S/C19H23N3O3S/c1-12-15(18(22-21-12)14-7-8-26-11-14)10-17(23)20-16(19(24)25)9-13-5-3-2-4-6-13/h2-8,11-12,15-16,18,21-22H,9-10H2,1H3,(H,20,23)(H,24,25)/t12?,15?,16-,18?/m0/s1. The molecule has 0 aliphatic carbocycles. The van der Waals surface area contributed by atoms with Gasteiger partial charge in [-0.2, -0.15) is 11.3 Å². The maximum atomic E-state index is 12.5. The van der Waals surface area contributed by atoms with Crippen molar-refractivity contribution in [1.82, 2.24) is 16.2 Å². The summed E-state index contributed by atoms with van der Waals surface area (Å²) in [5.74, 6) is -1.21. The van der Waals surface area contributed by atoms with E-state index >= 15 is 0 Å². The first kappa shape index (κ1) is 18.6. The fourth-order valence-electron chi connectivity index (χ4n) is 3.32. The van der Waals surface area contributed by atoms with Crippen molar-refractivity contribution in [1.29, 1.82) is 0 Å². The Morgan fingerprint density at radius 1 is 1.23 bits per heavy atom. The molecule has 1 aliphatic rings. The number of hydrogen-bond acceptors (Lipinski definition) is 5. The summed E-state index contributed by atoms with van der Waals surface area (Å²) >= 11 is 1.62. The third-order valence-corrected chi connectivity index (χ3v) is 5.48. The minimum Gasteiger partial charge on any atom is -0.480 e. The fourth-order valence-corrected chi connectivity index (χ4v) is 4.01. The van der Waals surface area contributed by atoms with Gasteiger partial charge in [0, 0.05) is 24.8 Å².